The number of fused-ring (bicyclic) bond motifs is 1. The van der Waals surface area contributed by atoms with E-state index in [-0.39, 0.29) is 12.3 Å². The highest BCUT2D eigenvalue weighted by atomic mass is 35.5. The molecule has 0 spiro atoms. The third-order valence-electron chi connectivity index (χ3n) is 2.78. The quantitative estimate of drug-likeness (QED) is 0.885. The van der Waals surface area contributed by atoms with Gasteiger partial charge in [0.2, 0.25) is 5.91 Å². The van der Waals surface area contributed by atoms with Crippen molar-refractivity contribution in [2.75, 3.05) is 13.2 Å². The molecule has 0 aliphatic carbocycles. The number of nitrogens with one attached hydrogen (secondary N) is 1. The van der Waals surface area contributed by atoms with Crippen LogP contribution in [0.1, 0.15) is 24.9 Å². The Hall–Kier alpha value is -1.95. The summed E-state index contributed by atoms with van der Waals surface area (Å²) in [6, 6.07) is 2.56. The zero-order valence-electron chi connectivity index (χ0n) is 10.8. The average Bonchev–Trinajstić information content (AvgIpc) is 2.37. The van der Waals surface area contributed by atoms with Gasteiger partial charge < -0.3 is 19.9 Å². The number of halogens is 1. The van der Waals surface area contributed by atoms with Crippen molar-refractivity contribution < 1.29 is 24.2 Å². The minimum atomic E-state index is -1.02. The van der Waals surface area contributed by atoms with E-state index < -0.39 is 12.0 Å². The van der Waals surface area contributed by atoms with Gasteiger partial charge in [0.05, 0.1) is 17.5 Å². The van der Waals surface area contributed by atoms with Crippen LogP contribution in [-0.4, -0.2) is 30.2 Å². The van der Waals surface area contributed by atoms with Gasteiger partial charge in [0.1, 0.15) is 13.2 Å². The van der Waals surface area contributed by atoms with Crippen molar-refractivity contribution in [3.05, 3.63) is 22.7 Å². The summed E-state index contributed by atoms with van der Waals surface area (Å²) in [5.41, 5.74) is 0.567. The van der Waals surface area contributed by atoms with Crippen molar-refractivity contribution in [1.82, 2.24) is 5.32 Å². The lowest BCUT2D eigenvalue weighted by atomic mass is 10.0. The Morgan fingerprint density at radius 2 is 2.10 bits per heavy atom. The molecule has 1 aromatic carbocycles. The maximum atomic E-state index is 11.2. The van der Waals surface area contributed by atoms with Crippen LogP contribution in [0.4, 0.5) is 0 Å². The summed E-state index contributed by atoms with van der Waals surface area (Å²) in [7, 11) is 0. The minimum Gasteiger partial charge on any atom is -0.486 e. The molecule has 0 aromatic heterocycles. The Balaban J connectivity index is 2.34. The van der Waals surface area contributed by atoms with Gasteiger partial charge in [-0.05, 0) is 17.7 Å². The second-order valence-corrected chi connectivity index (χ2v) is 4.79. The molecule has 1 heterocycles. The molecule has 1 aliphatic rings. The van der Waals surface area contributed by atoms with Gasteiger partial charge in [-0.3, -0.25) is 9.59 Å². The first-order chi connectivity index (χ1) is 9.47. The lowest BCUT2D eigenvalue weighted by molar-refractivity contribution is -0.137. The fourth-order valence-corrected chi connectivity index (χ4v) is 2.28. The SMILES string of the molecule is CC(=O)N[C@H](CC(=O)O)c1cc(Cl)c2c(c1)OCCO2. The third-order valence-corrected chi connectivity index (χ3v) is 3.06. The summed E-state index contributed by atoms with van der Waals surface area (Å²) >= 11 is 6.10. The zero-order valence-corrected chi connectivity index (χ0v) is 11.6. The molecule has 0 bridgehead atoms. The molecule has 1 atom stereocenters. The Bertz CT molecular complexity index is 530. The number of aliphatic carboxylic acids is 1. The van der Waals surface area contributed by atoms with Crippen molar-refractivity contribution in [2.45, 2.75) is 19.4 Å². The van der Waals surface area contributed by atoms with E-state index in [9.17, 15) is 9.59 Å². The summed E-state index contributed by atoms with van der Waals surface area (Å²) in [5.74, 6) is -0.435. The van der Waals surface area contributed by atoms with E-state index in [4.69, 9.17) is 26.2 Å². The van der Waals surface area contributed by atoms with E-state index in [2.05, 4.69) is 5.32 Å². The number of carbonyl (C=O) groups excluding carboxylic acids is 1. The van der Waals surface area contributed by atoms with Crippen LogP contribution < -0.4 is 14.8 Å². The fraction of sp³-hybridized carbons (Fsp3) is 0.385. The largest absolute Gasteiger partial charge is 0.486 e. The monoisotopic (exact) mass is 299 g/mol. The number of ether oxygens (including phenoxy) is 2. The van der Waals surface area contributed by atoms with Crippen LogP contribution in [0.3, 0.4) is 0 Å². The molecule has 108 valence electrons. The highest BCUT2D eigenvalue weighted by Gasteiger charge is 2.22. The normalized spacial score (nSPS) is 14.5. The molecule has 20 heavy (non-hydrogen) atoms. The fourth-order valence-electron chi connectivity index (χ4n) is 2.00. The van der Waals surface area contributed by atoms with Gasteiger partial charge in [0.15, 0.2) is 11.5 Å². The van der Waals surface area contributed by atoms with Crippen LogP contribution in [0.15, 0.2) is 12.1 Å². The van der Waals surface area contributed by atoms with Crippen LogP contribution in [0.2, 0.25) is 5.02 Å². The predicted molar refractivity (Wildman–Crippen MR) is 71.3 cm³/mol. The lowest BCUT2D eigenvalue weighted by Crippen LogP contribution is -2.28. The molecule has 1 aromatic rings. The molecule has 0 saturated carbocycles. The number of carbonyl (C=O) groups is 2. The number of rotatable bonds is 4. The van der Waals surface area contributed by atoms with E-state index in [0.717, 1.165) is 0 Å². The number of hydrogen-bond acceptors (Lipinski definition) is 4. The number of carboxylic acid groups (broad SMARTS) is 1. The highest BCUT2D eigenvalue weighted by molar-refractivity contribution is 6.32. The lowest BCUT2D eigenvalue weighted by Gasteiger charge is -2.23. The van der Waals surface area contributed by atoms with Crippen LogP contribution in [0.25, 0.3) is 0 Å². The molecule has 2 N–H and O–H groups in total. The number of benzene rings is 1. The topological polar surface area (TPSA) is 84.9 Å². The van der Waals surface area contributed by atoms with Gasteiger partial charge in [-0.15, -0.1) is 0 Å². The highest BCUT2D eigenvalue weighted by Crippen LogP contribution is 2.40. The summed E-state index contributed by atoms with van der Waals surface area (Å²) in [5, 5.41) is 11.8. The van der Waals surface area contributed by atoms with Gasteiger partial charge >= 0.3 is 5.97 Å². The van der Waals surface area contributed by atoms with Crippen LogP contribution in [-0.2, 0) is 9.59 Å². The van der Waals surface area contributed by atoms with E-state index in [0.29, 0.717) is 35.3 Å². The van der Waals surface area contributed by atoms with E-state index in [1.54, 1.807) is 12.1 Å². The molecule has 0 saturated heterocycles. The summed E-state index contributed by atoms with van der Waals surface area (Å²) < 4.78 is 10.8. The Morgan fingerprint density at radius 1 is 1.40 bits per heavy atom. The van der Waals surface area contributed by atoms with Crippen molar-refractivity contribution in [1.29, 1.82) is 0 Å². The average molecular weight is 300 g/mol. The molecule has 7 heteroatoms. The van der Waals surface area contributed by atoms with Gasteiger partial charge in [-0.1, -0.05) is 11.6 Å². The molecule has 1 amide bonds. The first-order valence-electron chi connectivity index (χ1n) is 6.05. The molecular formula is C13H14ClNO5. The standard InChI is InChI=1S/C13H14ClNO5/c1-7(16)15-10(6-12(17)18)8-4-9(14)13-11(5-8)19-2-3-20-13/h4-5,10H,2-3,6H2,1H3,(H,15,16)(H,17,18)/t10-/m1/s1. The Labute approximate surface area is 120 Å². The molecule has 1 aliphatic heterocycles. The van der Waals surface area contributed by atoms with E-state index in [1.165, 1.54) is 6.92 Å². The molecule has 0 unspecified atom stereocenters. The van der Waals surface area contributed by atoms with Gasteiger partial charge in [0.25, 0.3) is 0 Å². The van der Waals surface area contributed by atoms with Crippen molar-refractivity contribution in [3.8, 4) is 11.5 Å². The van der Waals surface area contributed by atoms with Crippen LogP contribution in [0.5, 0.6) is 11.5 Å². The Kier molecular flexibility index (Phi) is 4.34. The molecule has 0 fully saturated rings. The minimum absolute atomic E-state index is 0.241. The van der Waals surface area contributed by atoms with E-state index >= 15 is 0 Å². The summed E-state index contributed by atoms with van der Waals surface area (Å²) in [6.45, 7) is 2.14. The number of carboxylic acids is 1. The van der Waals surface area contributed by atoms with Crippen LogP contribution in [0, 0.1) is 0 Å². The molecule has 6 nitrogen and oxygen atoms in total. The Morgan fingerprint density at radius 3 is 2.75 bits per heavy atom. The van der Waals surface area contributed by atoms with Crippen molar-refractivity contribution in [3.63, 3.8) is 0 Å². The number of hydrogen-bond donors (Lipinski definition) is 2. The molecular weight excluding hydrogens is 286 g/mol. The summed E-state index contributed by atoms with van der Waals surface area (Å²) in [6.07, 6.45) is -0.241. The maximum absolute atomic E-state index is 11.2. The zero-order chi connectivity index (χ0) is 14.7. The van der Waals surface area contributed by atoms with Gasteiger partial charge in [0, 0.05) is 6.92 Å². The molecule has 2 rings (SSSR count). The second-order valence-electron chi connectivity index (χ2n) is 4.38. The summed E-state index contributed by atoms with van der Waals surface area (Å²) in [4.78, 5) is 22.1. The number of amides is 1. The third kappa shape index (κ3) is 3.33. The van der Waals surface area contributed by atoms with Crippen molar-refractivity contribution >= 4 is 23.5 Å². The first kappa shape index (κ1) is 14.5. The first-order valence-corrected chi connectivity index (χ1v) is 6.43. The molecule has 0 radical (unpaired) electrons. The maximum Gasteiger partial charge on any atom is 0.305 e. The predicted octanol–water partition coefficient (Wildman–Crippen LogP) is 1.76. The van der Waals surface area contributed by atoms with Crippen LogP contribution >= 0.6 is 11.6 Å². The smallest absolute Gasteiger partial charge is 0.305 e. The van der Waals surface area contributed by atoms with Gasteiger partial charge in [-0.2, -0.15) is 0 Å². The second kappa shape index (κ2) is 6.00. The van der Waals surface area contributed by atoms with E-state index in [1.807, 2.05) is 0 Å². The van der Waals surface area contributed by atoms with Crippen molar-refractivity contribution in [2.24, 2.45) is 0 Å². The van der Waals surface area contributed by atoms with Gasteiger partial charge in [-0.25, -0.2) is 0 Å².